The molecule has 0 aliphatic rings. The van der Waals surface area contributed by atoms with Crippen LogP contribution in [0.25, 0.3) is 76.9 Å². The number of rotatable bonds is 5. The summed E-state index contributed by atoms with van der Waals surface area (Å²) >= 11 is 0. The van der Waals surface area contributed by atoms with Crippen LogP contribution < -0.4 is 4.90 Å². The van der Waals surface area contributed by atoms with Crippen molar-refractivity contribution < 1.29 is 28.0 Å². The third-order valence-corrected chi connectivity index (χ3v) is 8.59. The van der Waals surface area contributed by atoms with Crippen LogP contribution >= 0.6 is 0 Å². The average Bonchev–Trinajstić information content (AvgIpc) is 3.84. The van der Waals surface area contributed by atoms with Crippen LogP contribution in [-0.4, -0.2) is 0 Å². The minimum Gasteiger partial charge on any atom is -0.456 e. The van der Waals surface area contributed by atoms with Gasteiger partial charge in [0.1, 0.15) is 22.3 Å². The molecule has 3 heteroatoms. The molecule has 0 atom stereocenters. The van der Waals surface area contributed by atoms with E-state index in [9.17, 15) is 8.22 Å². The molecule has 0 radical (unpaired) electrons. The van der Waals surface area contributed by atoms with Gasteiger partial charge in [-0.1, -0.05) is 103 Å². The first-order valence-electron chi connectivity index (χ1n) is 22.4. The quantitative estimate of drug-likeness (QED) is 0.187. The highest BCUT2D eigenvalue weighted by Gasteiger charge is 2.18. The van der Waals surface area contributed by atoms with Crippen molar-refractivity contribution in [3.8, 4) is 22.3 Å². The van der Waals surface area contributed by atoms with Crippen molar-refractivity contribution >= 4 is 71.7 Å². The van der Waals surface area contributed by atoms with Crippen LogP contribution in [0.15, 0.2) is 184 Å². The van der Waals surface area contributed by atoms with Gasteiger partial charge in [0.2, 0.25) is 0 Å². The van der Waals surface area contributed by atoms with Crippen molar-refractivity contribution in [1.82, 2.24) is 0 Å². The van der Waals surface area contributed by atoms with Gasteiger partial charge in [0.25, 0.3) is 0 Å². The lowest BCUT2D eigenvalue weighted by Crippen LogP contribution is -2.09. The molecule has 0 spiro atoms. The van der Waals surface area contributed by atoms with Gasteiger partial charge in [-0.3, -0.25) is 0 Å². The first kappa shape index (κ1) is 17.0. The van der Waals surface area contributed by atoms with E-state index >= 15 is 0 Å². The lowest BCUT2D eigenvalue weighted by molar-refractivity contribution is 0.669. The van der Waals surface area contributed by atoms with Crippen molar-refractivity contribution in [2.45, 2.75) is 0 Å². The first-order chi connectivity index (χ1) is 30.1. The van der Waals surface area contributed by atoms with Gasteiger partial charge < -0.3 is 13.7 Å². The SMILES string of the molecule is [2H]c1cc2c(-c3c([2H])c([2H])c([2H])c([2H])c3[2H])c([2H])c(-c3c([2H])c([2H])c(N(c4ccc5c(c4)oc4ccccc45)c4ccc5c(c4)oc4ccccc45)c([2H])c3[2H])c([2H])c2c([2H])c1[2H]. The molecule has 49 heavy (non-hydrogen) atoms. The van der Waals surface area contributed by atoms with E-state index in [-0.39, 0.29) is 16.5 Å². The molecule has 0 aliphatic heterocycles. The Hall–Kier alpha value is -6.58. The smallest absolute Gasteiger partial charge is 0.137 e. The minimum atomic E-state index is -0.736. The van der Waals surface area contributed by atoms with E-state index in [4.69, 9.17) is 19.8 Å². The molecule has 230 valence electrons. The van der Waals surface area contributed by atoms with Gasteiger partial charge in [-0.05, 0) is 93.6 Å². The summed E-state index contributed by atoms with van der Waals surface area (Å²) in [6, 6.07) is 17.5. The summed E-state index contributed by atoms with van der Waals surface area (Å²) in [4.78, 5) is 1.54. The molecule has 0 unspecified atom stereocenters. The van der Waals surface area contributed by atoms with Gasteiger partial charge in [-0.25, -0.2) is 0 Å². The topological polar surface area (TPSA) is 29.5 Å². The summed E-state index contributed by atoms with van der Waals surface area (Å²) in [6.45, 7) is 0. The number of para-hydroxylation sites is 2. The fourth-order valence-corrected chi connectivity index (χ4v) is 6.35. The van der Waals surface area contributed by atoms with Crippen molar-refractivity contribution in [2.24, 2.45) is 0 Å². The van der Waals surface area contributed by atoms with Gasteiger partial charge in [0.05, 0.1) is 19.2 Å². The van der Waals surface area contributed by atoms with E-state index in [1.807, 2.05) is 60.7 Å². The molecular formula is C46H29NO2. The number of hydrogen-bond donors (Lipinski definition) is 0. The average molecular weight is 642 g/mol. The first-order valence-corrected chi connectivity index (χ1v) is 15.4. The van der Waals surface area contributed by atoms with Crippen molar-refractivity contribution in [3.63, 3.8) is 0 Å². The fraction of sp³-hybridized carbons (Fsp3) is 0. The summed E-state index contributed by atoms with van der Waals surface area (Å²) in [5.41, 5.74) is 0.888. The predicted octanol–water partition coefficient (Wildman–Crippen LogP) is 13.4. The van der Waals surface area contributed by atoms with Crippen LogP contribution in [0.1, 0.15) is 19.2 Å². The highest BCUT2D eigenvalue weighted by atomic mass is 16.3. The molecular weight excluding hydrogens is 599 g/mol. The second-order valence-electron chi connectivity index (χ2n) is 11.4. The summed E-state index contributed by atoms with van der Waals surface area (Å²) in [5.74, 6) is 0. The monoisotopic (exact) mass is 641 g/mol. The number of hydrogen-bond acceptors (Lipinski definition) is 3. The lowest BCUT2D eigenvalue weighted by atomic mass is 9.93. The Morgan fingerprint density at radius 3 is 1.65 bits per heavy atom. The zero-order valence-electron chi connectivity index (χ0n) is 39.4. The highest BCUT2D eigenvalue weighted by molar-refractivity contribution is 6.08. The second-order valence-corrected chi connectivity index (χ2v) is 11.4. The maximum atomic E-state index is 9.60. The van der Waals surface area contributed by atoms with Crippen LogP contribution in [0, 0.1) is 0 Å². The summed E-state index contributed by atoms with van der Waals surface area (Å²) in [5, 5.41) is 2.80. The van der Waals surface area contributed by atoms with Crippen molar-refractivity contribution in [3.05, 3.63) is 176 Å². The van der Waals surface area contributed by atoms with Crippen LogP contribution in [0.3, 0.4) is 0 Å². The van der Waals surface area contributed by atoms with E-state index in [0.717, 1.165) is 27.6 Å². The molecule has 0 saturated carbocycles. The highest BCUT2D eigenvalue weighted by Crippen LogP contribution is 2.42. The summed E-state index contributed by atoms with van der Waals surface area (Å²) in [7, 11) is 0. The van der Waals surface area contributed by atoms with E-state index in [1.165, 1.54) is 4.90 Å². The molecule has 0 saturated heterocycles. The molecule has 3 nitrogen and oxygen atoms in total. The minimum absolute atomic E-state index is 0.196. The van der Waals surface area contributed by atoms with Crippen LogP contribution in [-0.2, 0) is 0 Å². The molecule has 0 aliphatic carbocycles. The third kappa shape index (κ3) is 4.59. The third-order valence-electron chi connectivity index (χ3n) is 8.59. The van der Waals surface area contributed by atoms with Gasteiger partial charge >= 0.3 is 0 Å². The number of fused-ring (bicyclic) bond motifs is 7. The zero-order valence-corrected chi connectivity index (χ0v) is 25.4. The maximum Gasteiger partial charge on any atom is 0.137 e. The predicted molar refractivity (Wildman–Crippen MR) is 204 cm³/mol. The van der Waals surface area contributed by atoms with Gasteiger partial charge in [-0.2, -0.15) is 0 Å². The van der Waals surface area contributed by atoms with Gasteiger partial charge in [0, 0.05) is 50.7 Å². The normalized spacial score (nSPS) is 15.7. The zero-order chi connectivity index (χ0) is 44.5. The molecule has 8 aromatic carbocycles. The summed E-state index contributed by atoms with van der Waals surface area (Å²) in [6.07, 6.45) is 0. The van der Waals surface area contributed by atoms with E-state index in [1.54, 1.807) is 24.3 Å². The van der Waals surface area contributed by atoms with E-state index in [2.05, 4.69) is 0 Å². The Kier molecular flexibility index (Phi) is 3.82. The Morgan fingerprint density at radius 1 is 0.408 bits per heavy atom. The largest absolute Gasteiger partial charge is 0.456 e. The Balaban J connectivity index is 1.28. The number of anilines is 3. The Morgan fingerprint density at radius 2 is 1.00 bits per heavy atom. The molecule has 2 heterocycles. The molecule has 0 N–H and O–H groups in total. The summed E-state index contributed by atoms with van der Waals surface area (Å²) < 4.78 is 138. The molecule has 0 bridgehead atoms. The molecule has 2 aromatic heterocycles. The molecule has 10 aromatic rings. The second kappa shape index (κ2) is 11.0. The van der Waals surface area contributed by atoms with E-state index < -0.39 is 107 Å². The lowest BCUT2D eigenvalue weighted by Gasteiger charge is -2.25. The Labute approximate surface area is 302 Å². The van der Waals surface area contributed by atoms with Crippen molar-refractivity contribution in [2.75, 3.05) is 4.90 Å². The van der Waals surface area contributed by atoms with Gasteiger partial charge in [0.15, 0.2) is 0 Å². The standard InChI is InChI=1S/C46H29NO2/c1-2-10-31(11-3-1)42-27-33(26-32-12-4-5-13-37(32)42)30-18-20-34(21-19-30)47(35-22-24-40-38-14-6-8-16-43(38)48-45(40)28-35)36-23-25-41-39-15-7-9-17-44(39)49-46(41)29-36/h1-29H/i1D,2D,3D,4D,5D,10D,11D,12D,18D,19D,20D,21D,26D,27D. The number of furan rings is 2. The maximum absolute atomic E-state index is 9.60. The fourth-order valence-electron chi connectivity index (χ4n) is 6.35. The Bertz CT molecular complexity index is 3480. The molecule has 10 rings (SSSR count). The van der Waals surface area contributed by atoms with Crippen LogP contribution in [0.5, 0.6) is 0 Å². The number of nitrogens with zero attached hydrogens (tertiary/aromatic N) is 1. The number of benzene rings is 8. The van der Waals surface area contributed by atoms with Crippen molar-refractivity contribution in [1.29, 1.82) is 0 Å². The van der Waals surface area contributed by atoms with Crippen LogP contribution in [0.2, 0.25) is 0 Å². The van der Waals surface area contributed by atoms with E-state index in [0.29, 0.717) is 33.7 Å². The van der Waals surface area contributed by atoms with Crippen LogP contribution in [0.4, 0.5) is 17.1 Å². The molecule has 0 amide bonds. The molecule has 0 fully saturated rings. The van der Waals surface area contributed by atoms with Gasteiger partial charge in [-0.15, -0.1) is 0 Å².